The summed E-state index contributed by atoms with van der Waals surface area (Å²) in [4.78, 5) is 0. The van der Waals surface area contributed by atoms with Crippen molar-refractivity contribution in [2.24, 2.45) is 0 Å². The van der Waals surface area contributed by atoms with Gasteiger partial charge in [0, 0.05) is 5.56 Å². The minimum Gasteiger partial charge on any atom is -0.285 e. The number of tetrazole rings is 1. The molecular formula is C33H28N4O3PS+. The molecule has 5 aromatic carbocycles. The van der Waals surface area contributed by atoms with Gasteiger partial charge in [0.25, 0.3) is 10.1 Å². The van der Waals surface area contributed by atoms with Gasteiger partial charge in [-0.2, -0.15) is 13.1 Å². The predicted molar refractivity (Wildman–Crippen MR) is 168 cm³/mol. The van der Waals surface area contributed by atoms with Crippen LogP contribution >= 0.6 is 7.26 Å². The zero-order chi connectivity index (χ0) is 29.0. The highest BCUT2D eigenvalue weighted by Gasteiger charge is 2.61. The standard InChI is InChI=1S/C33H27N4O3PS/c38-42(39,40)31(26-16-6-1-7-17-26)33(37-32(34-35-36-37)27-18-8-2-9-19-27)41(28-20-10-3-11-21-28,29-22-12-4-13-23-29)30-24-14-5-15-25-30/h1-25,31,33H/p+1/t31-,33-/m1/s1. The smallest absolute Gasteiger partial charge is 0.278 e. The summed E-state index contributed by atoms with van der Waals surface area (Å²) in [5.74, 6) is -0.579. The molecule has 0 spiro atoms. The molecule has 6 rings (SSSR count). The molecule has 0 unspecified atom stereocenters. The number of nitrogens with zero attached hydrogens (tertiary/aromatic N) is 4. The first kappa shape index (κ1) is 27.7. The van der Waals surface area contributed by atoms with Crippen molar-refractivity contribution in [2.75, 3.05) is 0 Å². The van der Waals surface area contributed by atoms with Gasteiger partial charge in [0.05, 0.1) is 0 Å². The lowest BCUT2D eigenvalue weighted by Crippen LogP contribution is -2.41. The lowest BCUT2D eigenvalue weighted by molar-refractivity contribution is 0.445. The molecule has 0 aliphatic heterocycles. The van der Waals surface area contributed by atoms with Crippen LogP contribution in [0.1, 0.15) is 16.6 Å². The summed E-state index contributed by atoms with van der Waals surface area (Å²) in [6.07, 6.45) is 0. The highest BCUT2D eigenvalue weighted by Crippen LogP contribution is 2.69. The largest absolute Gasteiger partial charge is 0.285 e. The maximum atomic E-state index is 13.7. The minimum absolute atomic E-state index is 0.400. The predicted octanol–water partition coefficient (Wildman–Crippen LogP) is 5.46. The van der Waals surface area contributed by atoms with Crippen LogP contribution in [0.25, 0.3) is 11.4 Å². The Labute approximate surface area is 245 Å². The third-order valence-electron chi connectivity index (χ3n) is 7.38. The molecule has 0 fully saturated rings. The zero-order valence-corrected chi connectivity index (χ0v) is 24.2. The number of hydrogen-bond donors (Lipinski definition) is 1. The molecule has 208 valence electrons. The number of benzene rings is 5. The van der Waals surface area contributed by atoms with Crippen molar-refractivity contribution in [3.05, 3.63) is 157 Å². The van der Waals surface area contributed by atoms with Crippen LogP contribution in [0.3, 0.4) is 0 Å². The third kappa shape index (κ3) is 5.05. The number of hydrogen-bond acceptors (Lipinski definition) is 5. The first-order valence-corrected chi connectivity index (χ1v) is 16.8. The quantitative estimate of drug-likeness (QED) is 0.177. The first-order valence-electron chi connectivity index (χ1n) is 13.4. The molecule has 7 nitrogen and oxygen atoms in total. The van der Waals surface area contributed by atoms with E-state index in [9.17, 15) is 13.0 Å². The Morgan fingerprint density at radius 2 is 1.00 bits per heavy atom. The van der Waals surface area contributed by atoms with Crippen molar-refractivity contribution in [1.29, 1.82) is 0 Å². The fraction of sp³-hybridized carbons (Fsp3) is 0.0606. The summed E-state index contributed by atoms with van der Waals surface area (Å²) in [6, 6.07) is 48.0. The van der Waals surface area contributed by atoms with Crippen LogP contribution in [0.5, 0.6) is 0 Å². The molecule has 9 heteroatoms. The van der Waals surface area contributed by atoms with E-state index in [1.807, 2.05) is 127 Å². The van der Waals surface area contributed by atoms with Crippen LogP contribution in [-0.4, -0.2) is 33.2 Å². The summed E-state index contributed by atoms with van der Waals surface area (Å²) >= 11 is 0. The van der Waals surface area contributed by atoms with Crippen molar-refractivity contribution in [2.45, 2.75) is 11.0 Å². The molecule has 1 N–H and O–H groups in total. The molecule has 0 saturated heterocycles. The zero-order valence-electron chi connectivity index (χ0n) is 22.5. The van der Waals surface area contributed by atoms with Crippen LogP contribution in [0.2, 0.25) is 0 Å². The van der Waals surface area contributed by atoms with Gasteiger partial charge in [-0.3, -0.25) is 4.55 Å². The second-order valence-electron chi connectivity index (χ2n) is 9.80. The molecule has 1 heterocycles. The van der Waals surface area contributed by atoms with Gasteiger partial charge in [-0.15, -0.1) is 5.10 Å². The Kier molecular flexibility index (Phi) is 7.76. The molecule has 0 radical (unpaired) electrons. The molecule has 0 amide bonds. The van der Waals surface area contributed by atoms with Gasteiger partial charge in [-0.05, 0) is 52.4 Å². The lowest BCUT2D eigenvalue weighted by atomic mass is 10.1. The maximum absolute atomic E-state index is 13.7. The SMILES string of the molecule is O=S(=O)(O)[C@H](c1ccccc1)[C@H](n1nnnc1-c1ccccc1)[P+](c1ccccc1)(c1ccccc1)c1ccccc1. The van der Waals surface area contributed by atoms with Crippen LogP contribution in [0.15, 0.2) is 152 Å². The van der Waals surface area contributed by atoms with E-state index >= 15 is 0 Å². The summed E-state index contributed by atoms with van der Waals surface area (Å²) in [7, 11) is -7.77. The van der Waals surface area contributed by atoms with E-state index in [0.29, 0.717) is 11.4 Å². The van der Waals surface area contributed by atoms with E-state index in [4.69, 9.17) is 0 Å². The van der Waals surface area contributed by atoms with Crippen molar-refractivity contribution in [1.82, 2.24) is 20.2 Å². The van der Waals surface area contributed by atoms with Crippen LogP contribution < -0.4 is 15.9 Å². The van der Waals surface area contributed by atoms with Crippen LogP contribution in [0, 0.1) is 0 Å². The Morgan fingerprint density at radius 1 is 0.595 bits per heavy atom. The van der Waals surface area contributed by atoms with E-state index in [-0.39, 0.29) is 0 Å². The third-order valence-corrected chi connectivity index (χ3v) is 13.4. The molecule has 0 saturated carbocycles. The Hall–Kier alpha value is -4.49. The fourth-order valence-corrected chi connectivity index (χ4v) is 12.4. The molecule has 2 atom stereocenters. The van der Waals surface area contributed by atoms with E-state index < -0.39 is 28.4 Å². The molecule has 0 aliphatic carbocycles. The van der Waals surface area contributed by atoms with Gasteiger partial charge in [-0.1, -0.05) is 115 Å². The highest BCUT2D eigenvalue weighted by atomic mass is 32.2. The highest BCUT2D eigenvalue weighted by molar-refractivity contribution is 7.97. The molecular weight excluding hydrogens is 563 g/mol. The van der Waals surface area contributed by atoms with Crippen LogP contribution in [0.4, 0.5) is 0 Å². The molecule has 6 aromatic rings. The van der Waals surface area contributed by atoms with E-state index in [0.717, 1.165) is 21.5 Å². The average molecular weight is 592 g/mol. The van der Waals surface area contributed by atoms with Gasteiger partial charge >= 0.3 is 0 Å². The Bertz CT molecular complexity index is 1760. The van der Waals surface area contributed by atoms with E-state index in [2.05, 4.69) is 15.5 Å². The summed E-state index contributed by atoms with van der Waals surface area (Å²) in [6.45, 7) is 0. The van der Waals surface area contributed by atoms with Gasteiger partial charge in [0.15, 0.2) is 11.1 Å². The minimum atomic E-state index is -4.74. The second-order valence-corrected chi connectivity index (χ2v) is 14.9. The Morgan fingerprint density at radius 3 is 1.43 bits per heavy atom. The topological polar surface area (TPSA) is 98.0 Å². The first-order chi connectivity index (χ1) is 20.5. The van der Waals surface area contributed by atoms with Crippen molar-refractivity contribution in [3.63, 3.8) is 0 Å². The second kappa shape index (κ2) is 11.8. The van der Waals surface area contributed by atoms with Crippen LogP contribution in [-0.2, 0) is 10.1 Å². The molecule has 1 aromatic heterocycles. The van der Waals surface area contributed by atoms with E-state index in [1.165, 1.54) is 0 Å². The summed E-state index contributed by atoms with van der Waals surface area (Å²) in [5.41, 5.74) is 1.16. The lowest BCUT2D eigenvalue weighted by Gasteiger charge is -2.37. The van der Waals surface area contributed by atoms with E-state index in [1.54, 1.807) is 28.9 Å². The number of aromatic nitrogens is 4. The fourth-order valence-electron chi connectivity index (χ4n) is 5.68. The normalized spacial score (nSPS) is 13.4. The average Bonchev–Trinajstić information content (AvgIpc) is 3.52. The molecule has 0 bridgehead atoms. The maximum Gasteiger partial charge on any atom is 0.278 e. The van der Waals surface area contributed by atoms with Crippen molar-refractivity contribution >= 4 is 33.3 Å². The Balaban J connectivity index is 1.82. The monoisotopic (exact) mass is 591 g/mol. The molecule has 0 aliphatic rings. The van der Waals surface area contributed by atoms with Crippen molar-refractivity contribution < 1.29 is 13.0 Å². The van der Waals surface area contributed by atoms with Gasteiger partial charge in [-0.25, -0.2) is 0 Å². The molecule has 42 heavy (non-hydrogen) atoms. The van der Waals surface area contributed by atoms with Gasteiger partial charge < -0.3 is 0 Å². The summed E-state index contributed by atoms with van der Waals surface area (Å²) < 4.78 is 40.3. The summed E-state index contributed by atoms with van der Waals surface area (Å²) in [5, 5.41) is 14.3. The van der Waals surface area contributed by atoms with Crippen molar-refractivity contribution in [3.8, 4) is 11.4 Å². The van der Waals surface area contributed by atoms with Gasteiger partial charge in [0.1, 0.15) is 23.2 Å². The van der Waals surface area contributed by atoms with Gasteiger partial charge in [0.2, 0.25) is 5.78 Å². The number of rotatable bonds is 9.